The zero-order valence-electron chi connectivity index (χ0n) is 18.2. The molecule has 32 heavy (non-hydrogen) atoms. The minimum Gasteiger partial charge on any atom is -0.454 e. The molecule has 2 aliphatic heterocycles. The van der Waals surface area contributed by atoms with Gasteiger partial charge in [-0.25, -0.2) is 8.42 Å². The molecule has 0 bridgehead atoms. The predicted molar refractivity (Wildman–Crippen MR) is 115 cm³/mol. The Kier molecular flexibility index (Phi) is 8.21. The molecule has 0 atom stereocenters. The van der Waals surface area contributed by atoms with Gasteiger partial charge in [-0.15, -0.1) is 0 Å². The zero-order valence-corrected chi connectivity index (χ0v) is 19.0. The second-order valence-corrected chi connectivity index (χ2v) is 9.77. The average molecular weight is 468 g/mol. The molecule has 2 amide bonds. The smallest absolute Gasteiger partial charge is 0.326 e. The van der Waals surface area contributed by atoms with Crippen molar-refractivity contribution in [1.29, 1.82) is 0 Å². The fraction of sp³-hybridized carbons (Fsp3) is 0.571. The molecule has 0 unspecified atom stereocenters. The lowest BCUT2D eigenvalue weighted by Gasteiger charge is -2.26. The third-order valence-electron chi connectivity index (χ3n) is 5.45. The molecule has 0 aliphatic carbocycles. The van der Waals surface area contributed by atoms with Gasteiger partial charge in [0.25, 0.3) is 5.91 Å². The van der Waals surface area contributed by atoms with Crippen LogP contribution in [-0.2, 0) is 33.9 Å². The Labute approximate surface area is 187 Å². The fourth-order valence-corrected chi connectivity index (χ4v) is 5.01. The van der Waals surface area contributed by atoms with E-state index in [0.29, 0.717) is 37.4 Å². The Hall–Kier alpha value is -2.50. The molecule has 176 valence electrons. The van der Waals surface area contributed by atoms with Crippen LogP contribution in [0.25, 0.3) is 0 Å². The number of hydrogen-bond acceptors (Lipinski definition) is 7. The van der Waals surface area contributed by atoms with Gasteiger partial charge >= 0.3 is 5.97 Å². The van der Waals surface area contributed by atoms with Crippen LogP contribution in [0.1, 0.15) is 31.2 Å². The molecular formula is C21H29N3O7S. The molecule has 0 aromatic heterocycles. The van der Waals surface area contributed by atoms with Crippen molar-refractivity contribution in [1.82, 2.24) is 9.21 Å². The lowest BCUT2D eigenvalue weighted by Crippen LogP contribution is -2.40. The van der Waals surface area contributed by atoms with Gasteiger partial charge in [0.05, 0.1) is 18.1 Å². The number of amides is 2. The number of anilines is 1. The maximum atomic E-state index is 12.8. The number of ether oxygens (including phenoxy) is 2. The highest BCUT2D eigenvalue weighted by Gasteiger charge is 2.27. The van der Waals surface area contributed by atoms with Crippen LogP contribution < -0.4 is 5.32 Å². The molecule has 2 fully saturated rings. The summed E-state index contributed by atoms with van der Waals surface area (Å²) in [7, 11) is -3.71. The van der Waals surface area contributed by atoms with E-state index in [4.69, 9.17) is 9.47 Å². The van der Waals surface area contributed by atoms with Crippen molar-refractivity contribution >= 4 is 33.5 Å². The van der Waals surface area contributed by atoms with Crippen LogP contribution in [0.2, 0.25) is 0 Å². The van der Waals surface area contributed by atoms with Gasteiger partial charge in [-0.05, 0) is 37.5 Å². The third kappa shape index (κ3) is 6.27. The van der Waals surface area contributed by atoms with Crippen molar-refractivity contribution in [2.45, 2.75) is 37.5 Å². The molecule has 3 rings (SSSR count). The first-order chi connectivity index (χ1) is 15.3. The summed E-state index contributed by atoms with van der Waals surface area (Å²) in [6.07, 6.45) is 3.01. The monoisotopic (exact) mass is 467 g/mol. The van der Waals surface area contributed by atoms with E-state index in [2.05, 4.69) is 5.32 Å². The van der Waals surface area contributed by atoms with Crippen LogP contribution in [0.3, 0.4) is 0 Å². The Morgan fingerprint density at radius 1 is 1.12 bits per heavy atom. The van der Waals surface area contributed by atoms with E-state index >= 15 is 0 Å². The quantitative estimate of drug-likeness (QED) is 0.591. The lowest BCUT2D eigenvalue weighted by molar-refractivity contribution is -0.151. The Morgan fingerprint density at radius 2 is 1.88 bits per heavy atom. The van der Waals surface area contributed by atoms with Gasteiger partial charge in [0.1, 0.15) is 6.54 Å². The lowest BCUT2D eigenvalue weighted by atomic mass is 10.2. The van der Waals surface area contributed by atoms with Crippen molar-refractivity contribution < 1.29 is 32.3 Å². The van der Waals surface area contributed by atoms with Crippen molar-refractivity contribution in [2.75, 3.05) is 51.3 Å². The van der Waals surface area contributed by atoms with E-state index in [1.807, 2.05) is 0 Å². The van der Waals surface area contributed by atoms with Gasteiger partial charge in [-0.3, -0.25) is 14.4 Å². The number of hydrogen-bond donors (Lipinski definition) is 1. The number of benzene rings is 1. The minimum absolute atomic E-state index is 0.0666. The number of likely N-dealkylation sites (tertiary alicyclic amines) is 1. The van der Waals surface area contributed by atoms with E-state index < -0.39 is 28.5 Å². The van der Waals surface area contributed by atoms with E-state index in [1.54, 1.807) is 13.0 Å². The summed E-state index contributed by atoms with van der Waals surface area (Å²) < 4.78 is 37.3. The summed E-state index contributed by atoms with van der Waals surface area (Å²) in [6, 6.07) is 4.50. The molecule has 2 heterocycles. The molecule has 0 radical (unpaired) electrons. The topological polar surface area (TPSA) is 122 Å². The molecule has 1 N–H and O–H groups in total. The first-order valence-electron chi connectivity index (χ1n) is 10.7. The van der Waals surface area contributed by atoms with E-state index in [9.17, 15) is 22.8 Å². The summed E-state index contributed by atoms with van der Waals surface area (Å²) in [5, 5.41) is 2.60. The number of nitrogens with zero attached hydrogens (tertiary/aromatic N) is 2. The SMILES string of the molecule is Cc1ccc(S(=O)(=O)N2CCOCC2)cc1NC(=O)COC(=O)CN1CCCCCC1=O. The molecule has 1 aromatic carbocycles. The summed E-state index contributed by atoms with van der Waals surface area (Å²) in [5.41, 5.74) is 0.990. The maximum Gasteiger partial charge on any atom is 0.326 e. The largest absolute Gasteiger partial charge is 0.454 e. The Balaban J connectivity index is 1.57. The van der Waals surface area contributed by atoms with E-state index in [0.717, 1.165) is 19.3 Å². The number of esters is 1. The van der Waals surface area contributed by atoms with Crippen LogP contribution in [0.4, 0.5) is 5.69 Å². The number of carbonyl (C=O) groups is 3. The summed E-state index contributed by atoms with van der Waals surface area (Å²) in [6.45, 7) is 2.74. The number of sulfonamides is 1. The number of carbonyl (C=O) groups excluding carboxylic acids is 3. The predicted octanol–water partition coefficient (Wildman–Crippen LogP) is 0.900. The molecule has 0 saturated carbocycles. The second kappa shape index (κ2) is 10.9. The van der Waals surface area contributed by atoms with Gasteiger partial charge in [0, 0.05) is 31.7 Å². The maximum absolute atomic E-state index is 12.8. The van der Waals surface area contributed by atoms with Gasteiger partial charge in [-0.2, -0.15) is 4.31 Å². The average Bonchev–Trinajstić information content (AvgIpc) is 2.98. The van der Waals surface area contributed by atoms with Crippen LogP contribution in [-0.4, -0.2) is 81.4 Å². The molecule has 2 saturated heterocycles. The molecule has 10 nitrogen and oxygen atoms in total. The minimum atomic E-state index is -3.71. The first-order valence-corrected chi connectivity index (χ1v) is 12.1. The highest BCUT2D eigenvalue weighted by atomic mass is 32.2. The van der Waals surface area contributed by atoms with E-state index in [-0.39, 0.29) is 30.4 Å². The number of aryl methyl sites for hydroxylation is 1. The Bertz CT molecular complexity index is 958. The van der Waals surface area contributed by atoms with Gasteiger partial charge in [0.2, 0.25) is 15.9 Å². The van der Waals surface area contributed by atoms with Crippen LogP contribution >= 0.6 is 0 Å². The van der Waals surface area contributed by atoms with Crippen LogP contribution in [0.5, 0.6) is 0 Å². The third-order valence-corrected chi connectivity index (χ3v) is 7.34. The van der Waals surface area contributed by atoms with Gasteiger partial charge in [0.15, 0.2) is 6.61 Å². The Morgan fingerprint density at radius 3 is 2.62 bits per heavy atom. The molecule has 1 aromatic rings. The fourth-order valence-electron chi connectivity index (χ4n) is 3.57. The highest BCUT2D eigenvalue weighted by Crippen LogP contribution is 2.23. The molecular weight excluding hydrogens is 438 g/mol. The zero-order chi connectivity index (χ0) is 23.1. The standard InChI is InChI=1S/C21H29N3O7S/c1-16-6-7-17(32(28,29)24-9-11-30-12-10-24)13-18(16)22-19(25)15-31-21(27)14-23-8-4-2-3-5-20(23)26/h6-7,13H,2-5,8-12,14-15H2,1H3,(H,22,25). The molecule has 2 aliphatic rings. The van der Waals surface area contributed by atoms with Crippen molar-refractivity contribution in [3.05, 3.63) is 23.8 Å². The second-order valence-electron chi connectivity index (χ2n) is 7.83. The normalized spacial score (nSPS) is 18.2. The number of nitrogens with one attached hydrogen (secondary N) is 1. The number of rotatable bonds is 7. The van der Waals surface area contributed by atoms with E-state index in [1.165, 1.54) is 21.3 Å². The summed E-state index contributed by atoms with van der Waals surface area (Å²) >= 11 is 0. The van der Waals surface area contributed by atoms with Gasteiger partial charge in [-0.1, -0.05) is 12.5 Å². The van der Waals surface area contributed by atoms with Crippen LogP contribution in [0, 0.1) is 6.92 Å². The highest BCUT2D eigenvalue weighted by molar-refractivity contribution is 7.89. The van der Waals surface area contributed by atoms with Crippen molar-refractivity contribution in [3.8, 4) is 0 Å². The van der Waals surface area contributed by atoms with Crippen molar-refractivity contribution in [3.63, 3.8) is 0 Å². The number of morpholine rings is 1. The van der Waals surface area contributed by atoms with Gasteiger partial charge < -0.3 is 19.7 Å². The molecule has 11 heteroatoms. The van der Waals surface area contributed by atoms with Crippen molar-refractivity contribution in [2.24, 2.45) is 0 Å². The summed E-state index contributed by atoms with van der Waals surface area (Å²) in [5.74, 6) is -1.34. The molecule has 0 spiro atoms. The first kappa shape index (κ1) is 24.1. The summed E-state index contributed by atoms with van der Waals surface area (Å²) in [4.78, 5) is 37.9. The van der Waals surface area contributed by atoms with Crippen LogP contribution in [0.15, 0.2) is 23.1 Å².